The Hall–Kier alpha value is -3.29. The molecule has 182 valence electrons. The highest BCUT2D eigenvalue weighted by Gasteiger charge is 2.24. The van der Waals surface area contributed by atoms with Crippen LogP contribution in [0, 0.1) is 0 Å². The molecule has 2 aromatic heterocycles. The van der Waals surface area contributed by atoms with Crippen molar-refractivity contribution in [3.05, 3.63) is 41.6 Å². The van der Waals surface area contributed by atoms with Crippen LogP contribution < -0.4 is 10.2 Å². The van der Waals surface area contributed by atoms with Gasteiger partial charge in [0.15, 0.2) is 0 Å². The fourth-order valence-electron chi connectivity index (χ4n) is 4.40. The lowest BCUT2D eigenvalue weighted by Gasteiger charge is -2.34. The topological polar surface area (TPSA) is 86.5 Å². The van der Waals surface area contributed by atoms with Gasteiger partial charge in [-0.2, -0.15) is 4.98 Å². The largest absolute Gasteiger partial charge is 0.493 e. The van der Waals surface area contributed by atoms with Gasteiger partial charge < -0.3 is 24.8 Å². The maximum Gasteiger partial charge on any atom is 0.228 e. The highest BCUT2D eigenvalue weighted by Crippen LogP contribution is 2.35. The van der Waals surface area contributed by atoms with Gasteiger partial charge in [0.2, 0.25) is 17.7 Å². The van der Waals surface area contributed by atoms with Crippen LogP contribution in [-0.4, -0.2) is 56.6 Å². The minimum absolute atomic E-state index is 0.0197. The zero-order valence-corrected chi connectivity index (χ0v) is 21.0. The lowest BCUT2D eigenvalue weighted by Crippen LogP contribution is -2.48. The molecular weight excluding hydrogens is 428 g/mol. The minimum Gasteiger partial charge on any atom is -0.493 e. The van der Waals surface area contributed by atoms with Gasteiger partial charge in [0, 0.05) is 51.4 Å². The summed E-state index contributed by atoms with van der Waals surface area (Å²) in [6.07, 6.45) is 1.92. The molecule has 1 aliphatic rings. The van der Waals surface area contributed by atoms with Gasteiger partial charge >= 0.3 is 0 Å². The second-order valence-corrected chi connectivity index (χ2v) is 9.77. The first-order chi connectivity index (χ1) is 16.2. The van der Waals surface area contributed by atoms with Crippen molar-refractivity contribution in [3.8, 4) is 5.88 Å². The van der Waals surface area contributed by atoms with Crippen LogP contribution in [0.2, 0.25) is 0 Å². The zero-order chi connectivity index (χ0) is 24.6. The molecule has 2 N–H and O–H groups in total. The van der Waals surface area contributed by atoms with E-state index in [-0.39, 0.29) is 23.9 Å². The molecule has 1 atom stereocenters. The molecule has 4 rings (SSSR count). The van der Waals surface area contributed by atoms with Crippen LogP contribution in [0.5, 0.6) is 5.88 Å². The molecule has 0 saturated carbocycles. The molecule has 1 unspecified atom stereocenters. The molecular formula is C26H36N6O2. The molecule has 8 nitrogen and oxygen atoms in total. The summed E-state index contributed by atoms with van der Waals surface area (Å²) in [5.41, 5.74) is 3.02. The van der Waals surface area contributed by atoms with Crippen LogP contribution in [0.4, 0.5) is 11.8 Å². The summed E-state index contributed by atoms with van der Waals surface area (Å²) in [6, 6.07) is 8.77. The van der Waals surface area contributed by atoms with Crippen molar-refractivity contribution < 1.29 is 9.90 Å². The Labute approximate surface area is 201 Å². The fourth-order valence-corrected chi connectivity index (χ4v) is 4.40. The van der Waals surface area contributed by atoms with Gasteiger partial charge in [0.25, 0.3) is 0 Å². The first-order valence-corrected chi connectivity index (χ1v) is 12.1. The number of amides is 1. The van der Waals surface area contributed by atoms with E-state index in [1.807, 2.05) is 29.5 Å². The van der Waals surface area contributed by atoms with E-state index in [1.54, 1.807) is 6.92 Å². The van der Waals surface area contributed by atoms with E-state index in [1.165, 1.54) is 11.1 Å². The quantitative estimate of drug-likeness (QED) is 0.551. The van der Waals surface area contributed by atoms with Crippen molar-refractivity contribution in [2.24, 2.45) is 0 Å². The lowest BCUT2D eigenvalue weighted by atomic mass is 9.99. The number of hydrogen-bond donors (Lipinski definition) is 2. The molecule has 3 aromatic rings. The number of aromatic nitrogens is 3. The predicted octanol–water partition coefficient (Wildman–Crippen LogP) is 4.68. The van der Waals surface area contributed by atoms with Crippen LogP contribution in [0.15, 0.2) is 30.5 Å². The molecule has 1 amide bonds. The SMILES string of the molecule is CC(=O)N1CCN(c2nc(NC(C)c3ccc(C(C)C)cc3)c3cn(C(C)C)c(O)c3n2)CC1. The number of carbonyl (C=O) groups is 1. The maximum absolute atomic E-state index is 11.7. The smallest absolute Gasteiger partial charge is 0.228 e. The van der Waals surface area contributed by atoms with Crippen LogP contribution in [-0.2, 0) is 4.79 Å². The van der Waals surface area contributed by atoms with Gasteiger partial charge in [-0.15, -0.1) is 0 Å². The Kier molecular flexibility index (Phi) is 6.68. The highest BCUT2D eigenvalue weighted by atomic mass is 16.3. The fraction of sp³-hybridized carbons (Fsp3) is 0.500. The third-order valence-electron chi connectivity index (χ3n) is 6.68. The third kappa shape index (κ3) is 4.67. The van der Waals surface area contributed by atoms with Crippen LogP contribution in [0.25, 0.3) is 10.9 Å². The number of nitrogens with zero attached hydrogens (tertiary/aromatic N) is 5. The second kappa shape index (κ2) is 9.52. The van der Waals surface area contributed by atoms with Crippen LogP contribution >= 0.6 is 0 Å². The van der Waals surface area contributed by atoms with E-state index < -0.39 is 0 Å². The summed E-state index contributed by atoms with van der Waals surface area (Å²) in [6.45, 7) is 14.7. The Balaban J connectivity index is 1.69. The first-order valence-electron chi connectivity index (χ1n) is 12.1. The molecule has 0 bridgehead atoms. The molecule has 0 aliphatic carbocycles. The number of benzene rings is 1. The number of carbonyl (C=O) groups excluding carboxylic acids is 1. The number of fused-ring (bicyclic) bond motifs is 1. The zero-order valence-electron chi connectivity index (χ0n) is 21.0. The monoisotopic (exact) mass is 464 g/mol. The number of rotatable bonds is 6. The minimum atomic E-state index is 0.0197. The van der Waals surface area contributed by atoms with Crippen molar-refractivity contribution in [2.45, 2.75) is 59.5 Å². The van der Waals surface area contributed by atoms with Gasteiger partial charge in [0.05, 0.1) is 5.39 Å². The van der Waals surface area contributed by atoms with E-state index in [4.69, 9.17) is 9.97 Å². The van der Waals surface area contributed by atoms with E-state index in [0.717, 1.165) is 5.39 Å². The number of piperazine rings is 1. The summed E-state index contributed by atoms with van der Waals surface area (Å²) in [7, 11) is 0. The van der Waals surface area contributed by atoms with Crippen molar-refractivity contribution >= 4 is 28.6 Å². The third-order valence-corrected chi connectivity index (χ3v) is 6.68. The van der Waals surface area contributed by atoms with Gasteiger partial charge in [-0.3, -0.25) is 4.79 Å². The van der Waals surface area contributed by atoms with Crippen LogP contribution in [0.1, 0.15) is 70.7 Å². The average molecular weight is 465 g/mol. The maximum atomic E-state index is 11.7. The molecule has 0 radical (unpaired) electrons. The van der Waals surface area contributed by atoms with Crippen molar-refractivity contribution in [1.82, 2.24) is 19.4 Å². The summed E-state index contributed by atoms with van der Waals surface area (Å²) >= 11 is 0. The Morgan fingerprint density at radius 3 is 2.15 bits per heavy atom. The van der Waals surface area contributed by atoms with Crippen molar-refractivity contribution in [1.29, 1.82) is 0 Å². The van der Waals surface area contributed by atoms with Crippen molar-refractivity contribution in [2.75, 3.05) is 36.4 Å². The Morgan fingerprint density at radius 2 is 1.59 bits per heavy atom. The summed E-state index contributed by atoms with van der Waals surface area (Å²) in [5.74, 6) is 1.99. The molecule has 0 spiro atoms. The summed E-state index contributed by atoms with van der Waals surface area (Å²) in [5, 5.41) is 15.3. The number of hydrogen-bond acceptors (Lipinski definition) is 6. The van der Waals surface area contributed by atoms with Crippen LogP contribution in [0.3, 0.4) is 0 Å². The van der Waals surface area contributed by atoms with E-state index in [9.17, 15) is 9.90 Å². The molecule has 1 fully saturated rings. The van der Waals surface area contributed by atoms with Gasteiger partial charge in [-0.05, 0) is 37.8 Å². The number of anilines is 2. The summed E-state index contributed by atoms with van der Waals surface area (Å²) < 4.78 is 1.82. The first kappa shape index (κ1) is 23.9. The molecule has 8 heteroatoms. The number of aromatic hydroxyl groups is 1. The highest BCUT2D eigenvalue weighted by molar-refractivity contribution is 5.94. The normalized spacial score (nSPS) is 15.4. The van der Waals surface area contributed by atoms with Crippen molar-refractivity contribution in [3.63, 3.8) is 0 Å². The predicted molar refractivity (Wildman–Crippen MR) is 137 cm³/mol. The molecule has 1 saturated heterocycles. The van der Waals surface area contributed by atoms with E-state index in [0.29, 0.717) is 49.4 Å². The number of nitrogens with one attached hydrogen (secondary N) is 1. The standard InChI is InChI=1S/C26H36N6O2/c1-16(2)20-7-9-21(10-8-20)18(5)27-24-22-15-32(17(3)4)25(34)23(22)28-26(29-24)31-13-11-30(12-14-31)19(6)33/h7-10,15-18,34H,11-14H2,1-6H3,(H,27,28,29). The molecule has 3 heterocycles. The average Bonchev–Trinajstić information content (AvgIpc) is 3.16. The molecule has 1 aromatic carbocycles. The molecule has 1 aliphatic heterocycles. The Morgan fingerprint density at radius 1 is 0.971 bits per heavy atom. The van der Waals surface area contributed by atoms with Gasteiger partial charge in [0.1, 0.15) is 11.3 Å². The van der Waals surface area contributed by atoms with E-state index >= 15 is 0 Å². The summed E-state index contributed by atoms with van der Waals surface area (Å²) in [4.78, 5) is 25.3. The van der Waals surface area contributed by atoms with E-state index in [2.05, 4.69) is 55.3 Å². The Bertz CT molecular complexity index is 1160. The second-order valence-electron chi connectivity index (χ2n) is 9.77. The molecule has 34 heavy (non-hydrogen) atoms. The lowest BCUT2D eigenvalue weighted by molar-refractivity contribution is -0.129. The van der Waals surface area contributed by atoms with Gasteiger partial charge in [-0.25, -0.2) is 4.98 Å². The van der Waals surface area contributed by atoms with Gasteiger partial charge in [-0.1, -0.05) is 38.1 Å².